The highest BCUT2D eigenvalue weighted by Gasteiger charge is 2.09. The summed E-state index contributed by atoms with van der Waals surface area (Å²) in [7, 11) is 0. The van der Waals surface area contributed by atoms with Gasteiger partial charge < -0.3 is 11.2 Å². The maximum absolute atomic E-state index is 6.21. The van der Waals surface area contributed by atoms with Crippen LogP contribution < -0.4 is 5.73 Å². The van der Waals surface area contributed by atoms with Crippen LogP contribution in [0.1, 0.15) is 55.3 Å². The molecule has 2 heteroatoms. The molecule has 92 valence electrons. The Hall–Kier alpha value is -0.860. The second kappa shape index (κ2) is 7.42. The summed E-state index contributed by atoms with van der Waals surface area (Å²) in [6.07, 6.45) is 4.90. The fraction of sp³-hybridized carbons (Fsp3) is 0.571. The van der Waals surface area contributed by atoms with E-state index < -0.39 is 0 Å². The average molecular weight is 223 g/mol. The van der Waals surface area contributed by atoms with Crippen molar-refractivity contribution in [2.45, 2.75) is 52.5 Å². The number of unbranched alkanes of at least 4 members (excludes halogenated alkanes) is 2. The van der Waals surface area contributed by atoms with Crippen LogP contribution in [0.4, 0.5) is 0 Å². The summed E-state index contributed by atoms with van der Waals surface area (Å²) < 4.78 is 0. The van der Waals surface area contributed by atoms with Crippen LogP contribution in [0.25, 0.3) is 0 Å². The highest BCUT2D eigenvalue weighted by Crippen LogP contribution is 2.22. The van der Waals surface area contributed by atoms with Gasteiger partial charge in [0.2, 0.25) is 0 Å². The van der Waals surface area contributed by atoms with E-state index >= 15 is 0 Å². The molecule has 0 saturated heterocycles. The van der Waals surface area contributed by atoms with Gasteiger partial charge in [0, 0.05) is 6.04 Å². The Morgan fingerprint density at radius 1 is 1.19 bits per heavy atom. The molecule has 0 aromatic heterocycles. The molecule has 1 atom stereocenters. The van der Waals surface area contributed by atoms with E-state index in [1.807, 2.05) is 0 Å². The highest BCUT2D eigenvalue weighted by atomic mass is 16.0. The highest BCUT2D eigenvalue weighted by molar-refractivity contribution is 5.35. The molecular formula is C14H25NO. The van der Waals surface area contributed by atoms with Crippen molar-refractivity contribution >= 4 is 0 Å². The second-order valence-electron chi connectivity index (χ2n) is 4.39. The van der Waals surface area contributed by atoms with E-state index in [-0.39, 0.29) is 11.5 Å². The summed E-state index contributed by atoms with van der Waals surface area (Å²) in [6, 6.07) is 6.64. The van der Waals surface area contributed by atoms with Crippen LogP contribution >= 0.6 is 0 Å². The van der Waals surface area contributed by atoms with Gasteiger partial charge in [-0.1, -0.05) is 44.4 Å². The van der Waals surface area contributed by atoms with Crippen LogP contribution in [0.3, 0.4) is 0 Å². The molecule has 0 aliphatic heterocycles. The van der Waals surface area contributed by atoms with Gasteiger partial charge in [0.05, 0.1) is 0 Å². The standard InChI is InChI=1S/C14H23N.H2O/c1-4-5-6-10-14(15)13-9-7-8-11(2)12(13)3;/h7-9,14H,4-6,10,15H2,1-3H3;1H2. The summed E-state index contributed by atoms with van der Waals surface area (Å²) in [6.45, 7) is 6.55. The van der Waals surface area contributed by atoms with E-state index in [1.165, 1.54) is 36.0 Å². The quantitative estimate of drug-likeness (QED) is 0.766. The van der Waals surface area contributed by atoms with Gasteiger partial charge in [-0.25, -0.2) is 0 Å². The average Bonchev–Trinajstić information content (AvgIpc) is 2.22. The monoisotopic (exact) mass is 223 g/mol. The molecule has 1 aromatic carbocycles. The number of nitrogens with two attached hydrogens (primary N) is 1. The van der Waals surface area contributed by atoms with E-state index in [0.717, 1.165) is 6.42 Å². The zero-order valence-electron chi connectivity index (χ0n) is 10.7. The molecule has 0 fully saturated rings. The number of aryl methyl sites for hydroxylation is 1. The lowest BCUT2D eigenvalue weighted by atomic mass is 9.95. The van der Waals surface area contributed by atoms with E-state index in [2.05, 4.69) is 39.0 Å². The molecule has 0 radical (unpaired) electrons. The van der Waals surface area contributed by atoms with Crippen LogP contribution in [0.15, 0.2) is 18.2 Å². The van der Waals surface area contributed by atoms with Crippen LogP contribution in [-0.2, 0) is 0 Å². The van der Waals surface area contributed by atoms with Gasteiger partial charge in [-0.05, 0) is 37.0 Å². The van der Waals surface area contributed by atoms with Crippen molar-refractivity contribution in [3.8, 4) is 0 Å². The SMILES string of the molecule is CCCCCC(N)c1cccc(C)c1C.O. The minimum atomic E-state index is 0. The molecule has 2 nitrogen and oxygen atoms in total. The van der Waals surface area contributed by atoms with Gasteiger partial charge in [-0.2, -0.15) is 0 Å². The lowest BCUT2D eigenvalue weighted by molar-refractivity contribution is 0.579. The third kappa shape index (κ3) is 3.95. The van der Waals surface area contributed by atoms with Crippen molar-refractivity contribution < 1.29 is 5.48 Å². The van der Waals surface area contributed by atoms with Gasteiger partial charge in [0.15, 0.2) is 0 Å². The van der Waals surface area contributed by atoms with Crippen molar-refractivity contribution in [3.63, 3.8) is 0 Å². The lowest BCUT2D eigenvalue weighted by Crippen LogP contribution is -2.12. The van der Waals surface area contributed by atoms with E-state index in [0.29, 0.717) is 0 Å². The Morgan fingerprint density at radius 2 is 1.88 bits per heavy atom. The van der Waals surface area contributed by atoms with Crippen molar-refractivity contribution in [1.29, 1.82) is 0 Å². The Kier molecular flexibility index (Phi) is 7.02. The maximum Gasteiger partial charge on any atom is 0.0297 e. The Bertz CT molecular complexity index is 310. The normalized spacial score (nSPS) is 12.0. The summed E-state index contributed by atoms with van der Waals surface area (Å²) >= 11 is 0. The molecule has 1 aromatic rings. The summed E-state index contributed by atoms with van der Waals surface area (Å²) in [5, 5.41) is 0. The molecule has 1 rings (SSSR count). The summed E-state index contributed by atoms with van der Waals surface area (Å²) in [4.78, 5) is 0. The fourth-order valence-electron chi connectivity index (χ4n) is 1.95. The van der Waals surface area contributed by atoms with Gasteiger partial charge in [0.25, 0.3) is 0 Å². The second-order valence-corrected chi connectivity index (χ2v) is 4.39. The Labute approximate surface area is 99.2 Å². The minimum Gasteiger partial charge on any atom is -0.412 e. The zero-order valence-corrected chi connectivity index (χ0v) is 10.7. The van der Waals surface area contributed by atoms with Gasteiger partial charge in [-0.15, -0.1) is 0 Å². The fourth-order valence-corrected chi connectivity index (χ4v) is 1.95. The minimum absolute atomic E-state index is 0. The van der Waals surface area contributed by atoms with Gasteiger partial charge in [-0.3, -0.25) is 0 Å². The molecule has 0 amide bonds. The van der Waals surface area contributed by atoms with E-state index in [4.69, 9.17) is 5.73 Å². The molecule has 4 N–H and O–H groups in total. The number of benzene rings is 1. The predicted molar refractivity (Wildman–Crippen MR) is 70.6 cm³/mol. The first-order valence-corrected chi connectivity index (χ1v) is 5.98. The third-order valence-corrected chi connectivity index (χ3v) is 3.16. The zero-order chi connectivity index (χ0) is 11.3. The van der Waals surface area contributed by atoms with Crippen LogP contribution in [0.5, 0.6) is 0 Å². The van der Waals surface area contributed by atoms with E-state index in [9.17, 15) is 0 Å². The molecule has 1 unspecified atom stereocenters. The van der Waals surface area contributed by atoms with Gasteiger partial charge in [0.1, 0.15) is 0 Å². The number of rotatable bonds is 5. The summed E-state index contributed by atoms with van der Waals surface area (Å²) in [5.41, 5.74) is 10.2. The number of hydrogen-bond donors (Lipinski definition) is 1. The molecule has 0 heterocycles. The molecule has 0 saturated carbocycles. The third-order valence-electron chi connectivity index (χ3n) is 3.16. The van der Waals surface area contributed by atoms with Crippen molar-refractivity contribution in [3.05, 3.63) is 34.9 Å². The van der Waals surface area contributed by atoms with Crippen molar-refractivity contribution in [2.75, 3.05) is 0 Å². The van der Waals surface area contributed by atoms with E-state index in [1.54, 1.807) is 0 Å². The lowest BCUT2D eigenvalue weighted by Gasteiger charge is -2.15. The predicted octanol–water partition coefficient (Wildman–Crippen LogP) is 3.06. The molecule has 0 bridgehead atoms. The molecule has 0 aliphatic rings. The molecular weight excluding hydrogens is 198 g/mol. The topological polar surface area (TPSA) is 57.5 Å². The number of hydrogen-bond acceptors (Lipinski definition) is 1. The van der Waals surface area contributed by atoms with Crippen LogP contribution in [0.2, 0.25) is 0 Å². The largest absolute Gasteiger partial charge is 0.412 e. The van der Waals surface area contributed by atoms with Crippen LogP contribution in [-0.4, -0.2) is 5.48 Å². The maximum atomic E-state index is 6.21. The first kappa shape index (κ1) is 15.1. The van der Waals surface area contributed by atoms with Crippen molar-refractivity contribution in [2.24, 2.45) is 5.73 Å². The molecule has 0 spiro atoms. The first-order chi connectivity index (χ1) is 7.16. The van der Waals surface area contributed by atoms with Gasteiger partial charge >= 0.3 is 0 Å². The summed E-state index contributed by atoms with van der Waals surface area (Å²) in [5.74, 6) is 0. The Balaban J connectivity index is 0.00000225. The first-order valence-electron chi connectivity index (χ1n) is 5.98. The van der Waals surface area contributed by atoms with Crippen molar-refractivity contribution in [1.82, 2.24) is 0 Å². The molecule has 0 aliphatic carbocycles. The Morgan fingerprint density at radius 3 is 2.50 bits per heavy atom. The van der Waals surface area contributed by atoms with Crippen LogP contribution in [0, 0.1) is 13.8 Å². The molecule has 16 heavy (non-hydrogen) atoms. The smallest absolute Gasteiger partial charge is 0.0297 e.